The molecule has 4 bridgehead atoms. The third-order valence-corrected chi connectivity index (χ3v) is 10.2. The fourth-order valence-corrected chi connectivity index (χ4v) is 8.50. The van der Waals surface area contributed by atoms with E-state index in [9.17, 15) is 0 Å². The molecule has 186 valence electrons. The number of benzene rings is 1. The van der Waals surface area contributed by atoms with E-state index < -0.39 is 11.6 Å². The van der Waals surface area contributed by atoms with E-state index in [0.717, 1.165) is 56.4 Å². The van der Waals surface area contributed by atoms with E-state index >= 15 is 0 Å². The van der Waals surface area contributed by atoms with Gasteiger partial charge in [0.25, 0.3) is 0 Å². The van der Waals surface area contributed by atoms with E-state index in [0.29, 0.717) is 17.8 Å². The first kappa shape index (κ1) is 22.1. The summed E-state index contributed by atoms with van der Waals surface area (Å²) in [6.45, 7) is 4.28. The van der Waals surface area contributed by atoms with Crippen molar-refractivity contribution in [2.45, 2.75) is 94.5 Å². The predicted octanol–water partition coefficient (Wildman–Crippen LogP) is 6.04. The van der Waals surface area contributed by atoms with Gasteiger partial charge in [-0.3, -0.25) is 4.90 Å². The molecular weight excluding hydrogens is 426 g/mol. The SMILES string of the molecule is c1cc([C@H]2CC[C@]3(CC2)OO[C@]2(O3)C3CC4CC(C3)CC2C4)ccc1OCCN1CCCCC1. The summed E-state index contributed by atoms with van der Waals surface area (Å²) in [5.74, 6) is 3.51. The lowest BCUT2D eigenvalue weighted by Gasteiger charge is -2.57. The van der Waals surface area contributed by atoms with E-state index in [1.807, 2.05) is 0 Å². The molecular formula is C29H41NO4. The molecule has 2 spiro atoms. The molecule has 0 radical (unpaired) electrons. The predicted molar refractivity (Wildman–Crippen MR) is 129 cm³/mol. The maximum Gasteiger partial charge on any atom is 0.210 e. The molecule has 7 fully saturated rings. The Balaban J connectivity index is 0.928. The first-order chi connectivity index (χ1) is 16.7. The molecule has 1 aromatic rings. The van der Waals surface area contributed by atoms with Crippen LogP contribution < -0.4 is 4.74 Å². The van der Waals surface area contributed by atoms with Gasteiger partial charge in [0.1, 0.15) is 12.4 Å². The summed E-state index contributed by atoms with van der Waals surface area (Å²) >= 11 is 0. The highest BCUT2D eigenvalue weighted by Crippen LogP contribution is 2.64. The maximum atomic E-state index is 6.88. The Labute approximate surface area is 204 Å². The molecule has 2 saturated heterocycles. The van der Waals surface area contributed by atoms with E-state index in [-0.39, 0.29) is 0 Å². The van der Waals surface area contributed by atoms with Crippen molar-refractivity contribution in [1.29, 1.82) is 0 Å². The van der Waals surface area contributed by atoms with E-state index in [1.165, 1.54) is 70.0 Å². The molecule has 8 rings (SSSR count). The van der Waals surface area contributed by atoms with Crippen molar-refractivity contribution in [3.63, 3.8) is 0 Å². The van der Waals surface area contributed by atoms with Gasteiger partial charge in [0, 0.05) is 31.2 Å². The first-order valence-corrected chi connectivity index (χ1v) is 14.2. The van der Waals surface area contributed by atoms with Crippen molar-refractivity contribution in [1.82, 2.24) is 4.90 Å². The van der Waals surface area contributed by atoms with Gasteiger partial charge in [0.05, 0.1) is 0 Å². The van der Waals surface area contributed by atoms with Crippen molar-refractivity contribution < 1.29 is 19.2 Å². The van der Waals surface area contributed by atoms with Crippen molar-refractivity contribution in [3.8, 4) is 5.75 Å². The summed E-state index contributed by atoms with van der Waals surface area (Å²) < 4.78 is 12.9. The molecule has 2 heterocycles. The normalized spacial score (nSPS) is 43.7. The molecule has 0 N–H and O–H groups in total. The second-order valence-corrected chi connectivity index (χ2v) is 12.3. The van der Waals surface area contributed by atoms with Gasteiger partial charge in [-0.2, -0.15) is 9.78 Å². The zero-order valence-corrected chi connectivity index (χ0v) is 20.6. The van der Waals surface area contributed by atoms with E-state index in [4.69, 9.17) is 19.2 Å². The fraction of sp³-hybridized carbons (Fsp3) is 0.793. The van der Waals surface area contributed by atoms with Crippen LogP contribution in [0.3, 0.4) is 0 Å². The number of piperidine rings is 1. The standard InChI is InChI=1S/C29H41NO4/c1-2-12-30(13-3-1)14-15-31-27-6-4-23(5-7-27)24-8-10-28(11-9-24)32-29(34-33-28)25-17-21-16-22(19-25)20-26(29)18-21/h4-7,21-22,24-26H,1-3,8-20H2/t21?,22?,24-,25?,26?,28+,29-. The van der Waals surface area contributed by atoms with Crippen LogP contribution in [0.4, 0.5) is 0 Å². The van der Waals surface area contributed by atoms with Gasteiger partial charge in [-0.1, -0.05) is 18.6 Å². The summed E-state index contributed by atoms with van der Waals surface area (Å²) in [5, 5.41) is 0. The Morgan fingerprint density at radius 3 is 2.18 bits per heavy atom. The Morgan fingerprint density at radius 2 is 1.50 bits per heavy atom. The summed E-state index contributed by atoms with van der Waals surface area (Å²) in [6, 6.07) is 8.85. The second-order valence-electron chi connectivity index (χ2n) is 12.3. The van der Waals surface area contributed by atoms with Crippen LogP contribution in [0.5, 0.6) is 5.75 Å². The Hall–Kier alpha value is -1.14. The number of hydrogen-bond acceptors (Lipinski definition) is 5. The molecule has 0 unspecified atom stereocenters. The molecule has 7 aliphatic rings. The third kappa shape index (κ3) is 3.91. The number of rotatable bonds is 5. The molecule has 5 aliphatic carbocycles. The smallest absolute Gasteiger partial charge is 0.210 e. The van der Waals surface area contributed by atoms with Crippen molar-refractivity contribution in [2.24, 2.45) is 23.7 Å². The minimum Gasteiger partial charge on any atom is -0.492 e. The van der Waals surface area contributed by atoms with Gasteiger partial charge in [-0.25, -0.2) is 0 Å². The number of ether oxygens (including phenoxy) is 2. The van der Waals surface area contributed by atoms with Crippen LogP contribution in [0.15, 0.2) is 24.3 Å². The molecule has 1 aromatic carbocycles. The molecule has 5 nitrogen and oxygen atoms in total. The van der Waals surface area contributed by atoms with Crippen LogP contribution in [0, 0.1) is 23.7 Å². The lowest BCUT2D eigenvalue weighted by molar-refractivity contribution is -0.390. The summed E-state index contributed by atoms with van der Waals surface area (Å²) in [6.07, 6.45) is 14.7. The van der Waals surface area contributed by atoms with Crippen molar-refractivity contribution in [3.05, 3.63) is 29.8 Å². The Kier molecular flexibility index (Phi) is 5.69. The first-order valence-electron chi connectivity index (χ1n) is 14.2. The van der Waals surface area contributed by atoms with Crippen LogP contribution in [-0.4, -0.2) is 42.7 Å². The van der Waals surface area contributed by atoms with Crippen LogP contribution >= 0.6 is 0 Å². The zero-order chi connectivity index (χ0) is 22.6. The lowest BCUT2D eigenvalue weighted by atomic mass is 9.53. The highest BCUT2D eigenvalue weighted by Gasteiger charge is 2.66. The average Bonchev–Trinajstić information content (AvgIpc) is 3.24. The summed E-state index contributed by atoms with van der Waals surface area (Å²) in [4.78, 5) is 14.8. The molecule has 5 heteroatoms. The van der Waals surface area contributed by atoms with Crippen LogP contribution in [0.2, 0.25) is 0 Å². The van der Waals surface area contributed by atoms with Gasteiger partial charge < -0.3 is 9.47 Å². The van der Waals surface area contributed by atoms with Crippen LogP contribution in [0.25, 0.3) is 0 Å². The largest absolute Gasteiger partial charge is 0.492 e. The summed E-state index contributed by atoms with van der Waals surface area (Å²) in [5.41, 5.74) is 1.42. The second kappa shape index (κ2) is 8.76. The highest BCUT2D eigenvalue weighted by molar-refractivity contribution is 5.30. The highest BCUT2D eigenvalue weighted by atomic mass is 17.3. The number of nitrogens with zero attached hydrogens (tertiary/aromatic N) is 1. The molecule has 2 aliphatic heterocycles. The van der Waals surface area contributed by atoms with Gasteiger partial charge >= 0.3 is 0 Å². The lowest BCUT2D eigenvalue weighted by Crippen LogP contribution is -2.59. The fourth-order valence-electron chi connectivity index (χ4n) is 8.50. The Morgan fingerprint density at radius 1 is 0.824 bits per heavy atom. The average molecular weight is 468 g/mol. The third-order valence-electron chi connectivity index (χ3n) is 10.2. The van der Waals surface area contributed by atoms with E-state index in [1.54, 1.807) is 0 Å². The monoisotopic (exact) mass is 467 g/mol. The molecule has 34 heavy (non-hydrogen) atoms. The summed E-state index contributed by atoms with van der Waals surface area (Å²) in [7, 11) is 0. The van der Waals surface area contributed by atoms with Gasteiger partial charge in [-0.05, 0) is 106 Å². The quantitative estimate of drug-likeness (QED) is 0.494. The maximum absolute atomic E-state index is 6.88. The van der Waals surface area contributed by atoms with Crippen molar-refractivity contribution >= 4 is 0 Å². The minimum absolute atomic E-state index is 0.437. The van der Waals surface area contributed by atoms with Crippen molar-refractivity contribution in [2.75, 3.05) is 26.2 Å². The topological polar surface area (TPSA) is 40.2 Å². The van der Waals surface area contributed by atoms with Crippen LogP contribution in [-0.2, 0) is 14.5 Å². The minimum atomic E-state index is -0.511. The van der Waals surface area contributed by atoms with Gasteiger partial charge in [0.2, 0.25) is 11.6 Å². The molecule has 5 saturated carbocycles. The zero-order valence-electron chi connectivity index (χ0n) is 20.6. The Bertz CT molecular complexity index is 827. The number of hydrogen-bond donors (Lipinski definition) is 0. The molecule has 0 amide bonds. The van der Waals surface area contributed by atoms with Gasteiger partial charge in [-0.15, -0.1) is 0 Å². The number of likely N-dealkylation sites (tertiary alicyclic amines) is 1. The van der Waals surface area contributed by atoms with Crippen LogP contribution in [0.1, 0.15) is 88.5 Å². The molecule has 0 aromatic heterocycles. The van der Waals surface area contributed by atoms with Gasteiger partial charge in [0.15, 0.2) is 0 Å². The van der Waals surface area contributed by atoms with E-state index in [2.05, 4.69) is 29.2 Å². The molecule has 0 atom stereocenters.